The second kappa shape index (κ2) is 7.24. The summed E-state index contributed by atoms with van der Waals surface area (Å²) in [6, 6.07) is 0. The molecule has 3 nitrogen and oxygen atoms in total. The Morgan fingerprint density at radius 1 is 1.47 bits per heavy atom. The Morgan fingerprint density at radius 2 is 2.24 bits per heavy atom. The molecule has 17 heavy (non-hydrogen) atoms. The number of nitrogens with one attached hydrogen (secondary N) is 1. The van der Waals surface area contributed by atoms with E-state index in [2.05, 4.69) is 12.2 Å². The monoisotopic (exact) mass is 250 g/mol. The van der Waals surface area contributed by atoms with Crippen LogP contribution in [0, 0.1) is 5.41 Å². The van der Waals surface area contributed by atoms with Gasteiger partial charge in [0.05, 0.1) is 13.2 Å². The van der Waals surface area contributed by atoms with Crippen LogP contribution in [0.15, 0.2) is 0 Å². The molecule has 1 aliphatic rings. The molecule has 0 radical (unpaired) electrons. The lowest BCUT2D eigenvalue weighted by Gasteiger charge is -2.40. The summed E-state index contributed by atoms with van der Waals surface area (Å²) < 4.78 is 30.2. The van der Waals surface area contributed by atoms with Crippen LogP contribution in [-0.4, -0.2) is 57.8 Å². The number of halogens is 2. The zero-order valence-corrected chi connectivity index (χ0v) is 10.8. The standard InChI is InChI=1S/C12H24F2N2O/c1-3-15-8-12(5-4-6-17-10-12)9-16(2)7-11(13)14/h11,15H,3-10H2,1-2H3. The average Bonchev–Trinajstić information content (AvgIpc) is 2.26. The first-order chi connectivity index (χ1) is 8.08. The molecule has 0 spiro atoms. The molecule has 0 amide bonds. The third-order valence-electron chi connectivity index (χ3n) is 3.21. The number of hydrogen-bond acceptors (Lipinski definition) is 3. The zero-order chi connectivity index (χ0) is 12.7. The van der Waals surface area contributed by atoms with Gasteiger partial charge in [-0.1, -0.05) is 6.92 Å². The Balaban J connectivity index is 2.49. The molecule has 1 unspecified atom stereocenters. The van der Waals surface area contributed by atoms with E-state index in [-0.39, 0.29) is 12.0 Å². The molecule has 0 aromatic rings. The van der Waals surface area contributed by atoms with Gasteiger partial charge in [0.1, 0.15) is 0 Å². The summed E-state index contributed by atoms with van der Waals surface area (Å²) in [6.45, 7) is 5.79. The number of nitrogens with zero attached hydrogens (tertiary/aromatic N) is 1. The van der Waals surface area contributed by atoms with Crippen molar-refractivity contribution >= 4 is 0 Å². The van der Waals surface area contributed by atoms with Gasteiger partial charge in [0.25, 0.3) is 6.43 Å². The molecule has 1 rings (SSSR count). The molecule has 1 fully saturated rings. The van der Waals surface area contributed by atoms with Gasteiger partial charge in [-0.05, 0) is 26.4 Å². The van der Waals surface area contributed by atoms with Crippen molar-refractivity contribution in [1.82, 2.24) is 10.2 Å². The van der Waals surface area contributed by atoms with Gasteiger partial charge in [-0.3, -0.25) is 0 Å². The van der Waals surface area contributed by atoms with Crippen LogP contribution >= 0.6 is 0 Å². The van der Waals surface area contributed by atoms with Crippen LogP contribution in [0.4, 0.5) is 8.78 Å². The van der Waals surface area contributed by atoms with Gasteiger partial charge in [-0.15, -0.1) is 0 Å². The van der Waals surface area contributed by atoms with Gasteiger partial charge in [-0.2, -0.15) is 0 Å². The predicted octanol–water partition coefficient (Wildman–Crippen LogP) is 1.59. The predicted molar refractivity (Wildman–Crippen MR) is 64.5 cm³/mol. The lowest BCUT2D eigenvalue weighted by molar-refractivity contribution is -0.0292. The quantitative estimate of drug-likeness (QED) is 0.742. The summed E-state index contributed by atoms with van der Waals surface area (Å²) in [4.78, 5) is 1.72. The minimum absolute atomic E-state index is 0.00208. The largest absolute Gasteiger partial charge is 0.381 e. The van der Waals surface area contributed by atoms with Crippen LogP contribution in [0.1, 0.15) is 19.8 Å². The molecule has 1 aliphatic heterocycles. The van der Waals surface area contributed by atoms with Crippen LogP contribution < -0.4 is 5.32 Å². The zero-order valence-electron chi connectivity index (χ0n) is 10.8. The molecule has 0 bridgehead atoms. The SMILES string of the molecule is CCNCC1(CN(C)CC(F)F)CCCOC1. The molecule has 1 heterocycles. The molecular formula is C12H24F2N2O. The molecule has 1 atom stereocenters. The maximum absolute atomic E-state index is 12.3. The van der Waals surface area contributed by atoms with E-state index < -0.39 is 6.43 Å². The maximum atomic E-state index is 12.3. The first-order valence-corrected chi connectivity index (χ1v) is 6.33. The summed E-state index contributed by atoms with van der Waals surface area (Å²) in [5.74, 6) is 0. The molecule has 102 valence electrons. The number of alkyl halides is 2. The van der Waals surface area contributed by atoms with Gasteiger partial charge in [0.2, 0.25) is 0 Å². The van der Waals surface area contributed by atoms with Crippen molar-refractivity contribution < 1.29 is 13.5 Å². The number of rotatable bonds is 7. The van der Waals surface area contributed by atoms with Crippen molar-refractivity contribution in [2.24, 2.45) is 5.41 Å². The van der Waals surface area contributed by atoms with Gasteiger partial charge in [0, 0.05) is 25.1 Å². The van der Waals surface area contributed by atoms with Crippen molar-refractivity contribution in [1.29, 1.82) is 0 Å². The first-order valence-electron chi connectivity index (χ1n) is 6.33. The number of ether oxygens (including phenoxy) is 1. The highest BCUT2D eigenvalue weighted by Crippen LogP contribution is 2.29. The molecular weight excluding hydrogens is 226 g/mol. The molecule has 0 aliphatic carbocycles. The van der Waals surface area contributed by atoms with Gasteiger partial charge < -0.3 is 15.0 Å². The summed E-state index contributed by atoms with van der Waals surface area (Å²) in [5.41, 5.74) is -0.00208. The van der Waals surface area contributed by atoms with Crippen molar-refractivity contribution in [3.8, 4) is 0 Å². The molecule has 0 saturated carbocycles. The average molecular weight is 250 g/mol. The van der Waals surface area contributed by atoms with Crippen LogP contribution in [0.2, 0.25) is 0 Å². The van der Waals surface area contributed by atoms with Crippen LogP contribution in [-0.2, 0) is 4.74 Å². The molecule has 1 N–H and O–H groups in total. The normalized spacial score (nSPS) is 25.8. The van der Waals surface area contributed by atoms with Crippen LogP contribution in [0.3, 0.4) is 0 Å². The Morgan fingerprint density at radius 3 is 2.76 bits per heavy atom. The van der Waals surface area contributed by atoms with Crippen LogP contribution in [0.25, 0.3) is 0 Å². The van der Waals surface area contributed by atoms with Crippen molar-refractivity contribution in [2.75, 3.05) is 46.4 Å². The molecule has 1 saturated heterocycles. The Labute approximate surface area is 103 Å². The Hall–Kier alpha value is -0.260. The highest BCUT2D eigenvalue weighted by atomic mass is 19.3. The van der Waals surface area contributed by atoms with E-state index in [4.69, 9.17) is 4.74 Å². The molecule has 5 heteroatoms. The molecule has 0 aromatic heterocycles. The fraction of sp³-hybridized carbons (Fsp3) is 1.00. The summed E-state index contributed by atoms with van der Waals surface area (Å²) in [7, 11) is 1.76. The van der Waals surface area contributed by atoms with E-state index in [1.54, 1.807) is 11.9 Å². The Bertz CT molecular complexity index is 209. The van der Waals surface area contributed by atoms with E-state index >= 15 is 0 Å². The first kappa shape index (κ1) is 14.8. The topological polar surface area (TPSA) is 24.5 Å². The second-order valence-electron chi connectivity index (χ2n) is 5.02. The smallest absolute Gasteiger partial charge is 0.251 e. The highest BCUT2D eigenvalue weighted by Gasteiger charge is 2.34. The van der Waals surface area contributed by atoms with E-state index in [1.165, 1.54) is 0 Å². The van der Waals surface area contributed by atoms with Gasteiger partial charge in [0.15, 0.2) is 0 Å². The summed E-state index contributed by atoms with van der Waals surface area (Å²) >= 11 is 0. The van der Waals surface area contributed by atoms with Gasteiger partial charge >= 0.3 is 0 Å². The summed E-state index contributed by atoms with van der Waals surface area (Å²) in [6.07, 6.45) is -0.192. The van der Waals surface area contributed by atoms with E-state index in [9.17, 15) is 8.78 Å². The Kier molecular flexibility index (Phi) is 6.30. The second-order valence-corrected chi connectivity index (χ2v) is 5.02. The minimum atomic E-state index is -2.26. The third-order valence-corrected chi connectivity index (χ3v) is 3.21. The van der Waals surface area contributed by atoms with Crippen LogP contribution in [0.5, 0.6) is 0 Å². The van der Waals surface area contributed by atoms with Crippen molar-refractivity contribution in [3.05, 3.63) is 0 Å². The highest BCUT2D eigenvalue weighted by molar-refractivity contribution is 4.86. The minimum Gasteiger partial charge on any atom is -0.381 e. The summed E-state index contributed by atoms with van der Waals surface area (Å²) in [5, 5.41) is 3.32. The fourth-order valence-electron chi connectivity index (χ4n) is 2.49. The molecule has 0 aromatic carbocycles. The van der Waals surface area contributed by atoms with E-state index in [1.807, 2.05) is 0 Å². The lowest BCUT2D eigenvalue weighted by atomic mass is 9.81. The third kappa shape index (κ3) is 5.27. The van der Waals surface area contributed by atoms with E-state index in [0.717, 1.165) is 32.5 Å². The van der Waals surface area contributed by atoms with Crippen molar-refractivity contribution in [2.45, 2.75) is 26.2 Å². The lowest BCUT2D eigenvalue weighted by Crippen LogP contribution is -2.48. The van der Waals surface area contributed by atoms with Crippen molar-refractivity contribution in [3.63, 3.8) is 0 Å². The maximum Gasteiger partial charge on any atom is 0.251 e. The van der Waals surface area contributed by atoms with Gasteiger partial charge in [-0.25, -0.2) is 8.78 Å². The fourth-order valence-corrected chi connectivity index (χ4v) is 2.49. The van der Waals surface area contributed by atoms with E-state index in [0.29, 0.717) is 13.2 Å². The number of hydrogen-bond donors (Lipinski definition) is 1.